The van der Waals surface area contributed by atoms with Crippen molar-refractivity contribution in [3.63, 3.8) is 0 Å². The lowest BCUT2D eigenvalue weighted by Gasteiger charge is -2.17. The minimum Gasteiger partial charge on any atom is -0.493 e. The average molecular weight is 461 g/mol. The number of hydrogen-bond donors (Lipinski definition) is 2. The van der Waals surface area contributed by atoms with Crippen LogP contribution >= 0.6 is 0 Å². The van der Waals surface area contributed by atoms with E-state index in [1.165, 1.54) is 36.8 Å². The second-order valence-corrected chi connectivity index (χ2v) is 8.60. The quantitative estimate of drug-likeness (QED) is 0.261. The summed E-state index contributed by atoms with van der Waals surface area (Å²) in [5.41, 5.74) is 4.97. The van der Waals surface area contributed by atoms with Crippen LogP contribution in [-0.4, -0.2) is 40.4 Å². The zero-order valence-corrected chi connectivity index (χ0v) is 20.8. The molecule has 0 saturated carbocycles. The Kier molecular flexibility index (Phi) is 11.5. The van der Waals surface area contributed by atoms with Crippen molar-refractivity contribution in [2.45, 2.75) is 38.5 Å². The van der Waals surface area contributed by atoms with Crippen LogP contribution < -0.4 is 20.1 Å². The zero-order chi connectivity index (χ0) is 23.8. The Morgan fingerprint density at radius 2 is 1.21 bits per heavy atom. The number of methoxy groups -OCH3 is 2. The van der Waals surface area contributed by atoms with Gasteiger partial charge in [-0.05, 0) is 74.6 Å². The van der Waals surface area contributed by atoms with Crippen LogP contribution in [0.1, 0.15) is 36.8 Å². The van der Waals surface area contributed by atoms with Gasteiger partial charge in [-0.2, -0.15) is 0 Å². The maximum atomic E-state index is 5.74. The predicted molar refractivity (Wildman–Crippen MR) is 143 cm³/mol. The lowest BCUT2D eigenvalue weighted by Crippen LogP contribution is -2.19. The molecule has 0 heterocycles. The van der Waals surface area contributed by atoms with E-state index in [2.05, 4.69) is 71.3 Å². The predicted octanol–water partition coefficient (Wildman–Crippen LogP) is 5.90. The number of rotatable bonds is 16. The Bertz CT molecular complexity index is 945. The van der Waals surface area contributed by atoms with Gasteiger partial charge < -0.3 is 20.1 Å². The lowest BCUT2D eigenvalue weighted by molar-refractivity contribution is 0.355. The summed E-state index contributed by atoms with van der Waals surface area (Å²) in [6, 6.07) is 25.3. The number of hydrogen-bond acceptors (Lipinski definition) is 4. The molecule has 3 aromatic rings. The first-order chi connectivity index (χ1) is 16.8. The van der Waals surface area contributed by atoms with E-state index in [0.29, 0.717) is 0 Å². The van der Waals surface area contributed by atoms with E-state index >= 15 is 0 Å². The van der Waals surface area contributed by atoms with E-state index in [0.717, 1.165) is 61.6 Å². The van der Waals surface area contributed by atoms with Crippen molar-refractivity contribution in [3.8, 4) is 22.6 Å². The highest BCUT2D eigenvalue weighted by Crippen LogP contribution is 2.40. The molecular weight excluding hydrogens is 420 g/mol. The van der Waals surface area contributed by atoms with Crippen molar-refractivity contribution in [2.24, 2.45) is 0 Å². The fourth-order valence-electron chi connectivity index (χ4n) is 4.30. The maximum Gasteiger partial charge on any atom is 0.168 e. The molecule has 0 aliphatic heterocycles. The van der Waals surface area contributed by atoms with Gasteiger partial charge >= 0.3 is 0 Å². The summed E-state index contributed by atoms with van der Waals surface area (Å²) < 4.78 is 11.3. The Morgan fingerprint density at radius 1 is 0.588 bits per heavy atom. The van der Waals surface area contributed by atoms with Crippen molar-refractivity contribution in [2.75, 3.05) is 40.4 Å². The molecule has 0 bridgehead atoms. The molecule has 0 saturated heterocycles. The van der Waals surface area contributed by atoms with Crippen LogP contribution in [0.5, 0.6) is 11.5 Å². The summed E-state index contributed by atoms with van der Waals surface area (Å²) in [6.45, 7) is 4.19. The Hall–Kier alpha value is -2.82. The third-order valence-corrected chi connectivity index (χ3v) is 6.16. The molecule has 0 unspecified atom stereocenters. The normalized spacial score (nSPS) is 10.9. The van der Waals surface area contributed by atoms with Gasteiger partial charge in [-0.15, -0.1) is 0 Å². The second-order valence-electron chi connectivity index (χ2n) is 8.60. The van der Waals surface area contributed by atoms with E-state index in [1.54, 1.807) is 14.2 Å². The van der Waals surface area contributed by atoms with E-state index < -0.39 is 0 Å². The first kappa shape index (κ1) is 25.8. The first-order valence-corrected chi connectivity index (χ1v) is 12.6. The van der Waals surface area contributed by atoms with Gasteiger partial charge in [0.05, 0.1) is 14.2 Å². The van der Waals surface area contributed by atoms with Crippen LogP contribution in [-0.2, 0) is 12.8 Å². The lowest BCUT2D eigenvalue weighted by atomic mass is 9.96. The largest absolute Gasteiger partial charge is 0.493 e. The molecule has 0 aliphatic carbocycles. The molecule has 0 aromatic heterocycles. The zero-order valence-electron chi connectivity index (χ0n) is 20.8. The third kappa shape index (κ3) is 8.19. The molecule has 4 nitrogen and oxygen atoms in total. The standard InChI is InChI=1S/C30H40N2O2/c1-33-28-18-17-27(29(30(28)34-2)26-15-9-6-10-16-26)20-24-32-22-12-4-3-11-21-31-23-19-25-13-7-5-8-14-25/h5-10,13-18,31-32H,3-4,11-12,19-24H2,1-2H3. The number of benzene rings is 3. The molecule has 0 spiro atoms. The Labute approximate surface area is 205 Å². The molecule has 34 heavy (non-hydrogen) atoms. The number of nitrogens with one attached hydrogen (secondary N) is 2. The topological polar surface area (TPSA) is 42.5 Å². The van der Waals surface area contributed by atoms with E-state index in [9.17, 15) is 0 Å². The van der Waals surface area contributed by atoms with Crippen LogP contribution in [0.2, 0.25) is 0 Å². The summed E-state index contributed by atoms with van der Waals surface area (Å²) in [5, 5.41) is 7.18. The van der Waals surface area contributed by atoms with Crippen molar-refractivity contribution < 1.29 is 9.47 Å². The molecule has 0 amide bonds. The minimum absolute atomic E-state index is 0.771. The molecule has 0 aliphatic rings. The maximum absolute atomic E-state index is 5.74. The van der Waals surface area contributed by atoms with Gasteiger partial charge in [0.25, 0.3) is 0 Å². The van der Waals surface area contributed by atoms with Gasteiger partial charge in [0, 0.05) is 5.56 Å². The van der Waals surface area contributed by atoms with Crippen LogP contribution in [0.3, 0.4) is 0 Å². The van der Waals surface area contributed by atoms with Crippen molar-refractivity contribution in [3.05, 3.63) is 83.9 Å². The molecule has 2 N–H and O–H groups in total. The fourth-order valence-corrected chi connectivity index (χ4v) is 4.30. The molecule has 3 aromatic carbocycles. The van der Waals surface area contributed by atoms with Crippen LogP contribution in [0.25, 0.3) is 11.1 Å². The number of unbranched alkanes of at least 4 members (excludes halogenated alkanes) is 3. The molecule has 182 valence electrons. The van der Waals surface area contributed by atoms with Gasteiger partial charge in [-0.1, -0.05) is 79.6 Å². The molecular formula is C30H40N2O2. The molecule has 3 rings (SSSR count). The molecule has 0 radical (unpaired) electrons. The van der Waals surface area contributed by atoms with E-state index in [-0.39, 0.29) is 0 Å². The monoisotopic (exact) mass is 460 g/mol. The van der Waals surface area contributed by atoms with Crippen molar-refractivity contribution in [1.29, 1.82) is 0 Å². The first-order valence-electron chi connectivity index (χ1n) is 12.6. The smallest absolute Gasteiger partial charge is 0.168 e. The van der Waals surface area contributed by atoms with Crippen molar-refractivity contribution in [1.82, 2.24) is 10.6 Å². The van der Waals surface area contributed by atoms with Gasteiger partial charge in [0.1, 0.15) is 0 Å². The molecule has 4 heteroatoms. The van der Waals surface area contributed by atoms with Gasteiger partial charge in [-0.3, -0.25) is 0 Å². The second kappa shape index (κ2) is 15.2. The summed E-state index contributed by atoms with van der Waals surface area (Å²) in [4.78, 5) is 0. The van der Waals surface area contributed by atoms with Crippen LogP contribution in [0.4, 0.5) is 0 Å². The minimum atomic E-state index is 0.771. The van der Waals surface area contributed by atoms with E-state index in [4.69, 9.17) is 9.47 Å². The average Bonchev–Trinajstić information content (AvgIpc) is 2.89. The third-order valence-electron chi connectivity index (χ3n) is 6.16. The summed E-state index contributed by atoms with van der Waals surface area (Å²) in [7, 11) is 3.40. The highest BCUT2D eigenvalue weighted by atomic mass is 16.5. The number of ether oxygens (including phenoxy) is 2. The van der Waals surface area contributed by atoms with Gasteiger partial charge in [0.15, 0.2) is 11.5 Å². The van der Waals surface area contributed by atoms with Crippen molar-refractivity contribution >= 4 is 0 Å². The molecule has 0 fully saturated rings. The Balaban J connectivity index is 1.32. The summed E-state index contributed by atoms with van der Waals surface area (Å²) in [6.07, 6.45) is 7.10. The van der Waals surface area contributed by atoms with Gasteiger partial charge in [0.2, 0.25) is 0 Å². The molecule has 0 atom stereocenters. The highest BCUT2D eigenvalue weighted by Gasteiger charge is 2.16. The highest BCUT2D eigenvalue weighted by molar-refractivity contribution is 5.77. The Morgan fingerprint density at radius 3 is 1.82 bits per heavy atom. The van der Waals surface area contributed by atoms with E-state index in [1.807, 2.05) is 12.1 Å². The summed E-state index contributed by atoms with van der Waals surface area (Å²) >= 11 is 0. The van der Waals surface area contributed by atoms with Crippen LogP contribution in [0.15, 0.2) is 72.8 Å². The SMILES string of the molecule is COc1ccc(CCNCCCCCCNCCc2ccccc2)c(-c2ccccc2)c1OC. The van der Waals surface area contributed by atoms with Crippen LogP contribution in [0, 0.1) is 0 Å². The fraction of sp³-hybridized carbons (Fsp3) is 0.400. The summed E-state index contributed by atoms with van der Waals surface area (Å²) in [5.74, 6) is 1.58. The van der Waals surface area contributed by atoms with Gasteiger partial charge in [-0.25, -0.2) is 0 Å².